The molecule has 100 valence electrons. The molecule has 1 aromatic heterocycles. The Morgan fingerprint density at radius 3 is 2.79 bits per heavy atom. The molecule has 0 aliphatic rings. The summed E-state index contributed by atoms with van der Waals surface area (Å²) in [4.78, 5) is 6.18. The number of hydrogen-bond acceptors (Lipinski definition) is 3. The van der Waals surface area contributed by atoms with Crippen molar-refractivity contribution in [1.29, 1.82) is 0 Å². The highest BCUT2D eigenvalue weighted by atomic mass is 19.1. The van der Waals surface area contributed by atoms with Gasteiger partial charge in [-0.15, -0.1) is 0 Å². The van der Waals surface area contributed by atoms with Crippen LogP contribution in [0.15, 0.2) is 48.8 Å². The molecule has 0 spiro atoms. The second-order valence-electron chi connectivity index (χ2n) is 4.38. The smallest absolute Gasteiger partial charge is 0.165 e. The van der Waals surface area contributed by atoms with Crippen molar-refractivity contribution in [2.45, 2.75) is 6.54 Å². The van der Waals surface area contributed by atoms with Gasteiger partial charge in [-0.3, -0.25) is 9.88 Å². The number of ether oxygens (including phenoxy) is 1. The van der Waals surface area contributed by atoms with E-state index in [0.29, 0.717) is 12.4 Å². The summed E-state index contributed by atoms with van der Waals surface area (Å²) in [6.45, 7) is 1.98. The zero-order valence-electron chi connectivity index (χ0n) is 10.9. The van der Waals surface area contributed by atoms with Crippen LogP contribution in [0.25, 0.3) is 0 Å². The second kappa shape index (κ2) is 6.85. The van der Waals surface area contributed by atoms with Crippen LogP contribution in [0, 0.1) is 5.82 Å². The Hall–Kier alpha value is -1.94. The molecule has 0 saturated carbocycles. The van der Waals surface area contributed by atoms with Crippen LogP contribution in [0.1, 0.15) is 5.56 Å². The molecule has 0 bridgehead atoms. The summed E-state index contributed by atoms with van der Waals surface area (Å²) >= 11 is 0. The molecule has 0 radical (unpaired) electrons. The van der Waals surface area contributed by atoms with E-state index in [1.165, 1.54) is 6.07 Å². The van der Waals surface area contributed by atoms with Crippen molar-refractivity contribution in [3.8, 4) is 5.75 Å². The number of pyridine rings is 1. The Morgan fingerprint density at radius 1 is 1.21 bits per heavy atom. The molecule has 1 heterocycles. The predicted molar refractivity (Wildman–Crippen MR) is 72.5 cm³/mol. The van der Waals surface area contributed by atoms with Crippen molar-refractivity contribution in [2.24, 2.45) is 0 Å². The van der Waals surface area contributed by atoms with E-state index in [-0.39, 0.29) is 5.82 Å². The first-order valence-electron chi connectivity index (χ1n) is 6.20. The van der Waals surface area contributed by atoms with Crippen molar-refractivity contribution in [3.63, 3.8) is 0 Å². The Balaban J connectivity index is 1.75. The summed E-state index contributed by atoms with van der Waals surface area (Å²) in [5.41, 5.74) is 1.15. The first-order chi connectivity index (χ1) is 9.25. The second-order valence-corrected chi connectivity index (χ2v) is 4.38. The van der Waals surface area contributed by atoms with Gasteiger partial charge in [0.05, 0.1) is 0 Å². The molecule has 4 heteroatoms. The lowest BCUT2D eigenvalue weighted by atomic mass is 10.3. The lowest BCUT2D eigenvalue weighted by Gasteiger charge is -2.16. The molecule has 2 aromatic rings. The van der Waals surface area contributed by atoms with Gasteiger partial charge in [-0.05, 0) is 30.8 Å². The fourth-order valence-corrected chi connectivity index (χ4v) is 1.76. The summed E-state index contributed by atoms with van der Waals surface area (Å²) in [6, 6.07) is 10.4. The van der Waals surface area contributed by atoms with E-state index in [2.05, 4.69) is 9.88 Å². The Labute approximate surface area is 112 Å². The lowest BCUT2D eigenvalue weighted by Crippen LogP contribution is -2.24. The van der Waals surface area contributed by atoms with Crippen LogP contribution in [-0.2, 0) is 6.54 Å². The van der Waals surface area contributed by atoms with Crippen molar-refractivity contribution in [2.75, 3.05) is 20.2 Å². The van der Waals surface area contributed by atoms with Gasteiger partial charge in [0.1, 0.15) is 6.61 Å². The van der Waals surface area contributed by atoms with Gasteiger partial charge in [0.15, 0.2) is 11.6 Å². The van der Waals surface area contributed by atoms with Gasteiger partial charge >= 0.3 is 0 Å². The van der Waals surface area contributed by atoms with Crippen LogP contribution in [0.2, 0.25) is 0 Å². The van der Waals surface area contributed by atoms with Gasteiger partial charge in [-0.1, -0.05) is 18.2 Å². The molecule has 19 heavy (non-hydrogen) atoms. The highest BCUT2D eigenvalue weighted by Crippen LogP contribution is 2.15. The third-order valence-corrected chi connectivity index (χ3v) is 2.74. The van der Waals surface area contributed by atoms with E-state index < -0.39 is 0 Å². The topological polar surface area (TPSA) is 25.4 Å². The van der Waals surface area contributed by atoms with Gasteiger partial charge in [0.25, 0.3) is 0 Å². The zero-order chi connectivity index (χ0) is 13.5. The third kappa shape index (κ3) is 4.34. The van der Waals surface area contributed by atoms with Crippen molar-refractivity contribution < 1.29 is 9.13 Å². The fourth-order valence-electron chi connectivity index (χ4n) is 1.76. The minimum Gasteiger partial charge on any atom is -0.489 e. The molecular weight excluding hydrogens is 243 g/mol. The molecule has 0 unspecified atom stereocenters. The molecule has 0 aliphatic carbocycles. The first kappa shape index (κ1) is 13.5. The minimum absolute atomic E-state index is 0.303. The van der Waals surface area contributed by atoms with Gasteiger partial charge in [-0.2, -0.15) is 0 Å². The highest BCUT2D eigenvalue weighted by Gasteiger charge is 2.03. The number of aromatic nitrogens is 1. The molecule has 2 rings (SSSR count). The Kier molecular flexibility index (Phi) is 4.86. The average Bonchev–Trinajstić information content (AvgIpc) is 2.42. The predicted octanol–water partition coefficient (Wildman–Crippen LogP) is 2.73. The van der Waals surface area contributed by atoms with Crippen LogP contribution in [0.5, 0.6) is 5.75 Å². The largest absolute Gasteiger partial charge is 0.489 e. The van der Waals surface area contributed by atoms with Crippen LogP contribution in [0.3, 0.4) is 0 Å². The molecule has 0 amide bonds. The number of halogens is 1. The van der Waals surface area contributed by atoms with E-state index >= 15 is 0 Å². The molecule has 3 nitrogen and oxygen atoms in total. The van der Waals surface area contributed by atoms with Crippen LogP contribution in [0.4, 0.5) is 4.39 Å². The van der Waals surface area contributed by atoms with Crippen molar-refractivity contribution >= 4 is 0 Å². The lowest BCUT2D eigenvalue weighted by molar-refractivity contribution is 0.226. The van der Waals surface area contributed by atoms with E-state index in [9.17, 15) is 4.39 Å². The van der Waals surface area contributed by atoms with E-state index in [4.69, 9.17) is 4.74 Å². The molecule has 0 saturated heterocycles. The van der Waals surface area contributed by atoms with Gasteiger partial charge in [0, 0.05) is 25.5 Å². The summed E-state index contributed by atoms with van der Waals surface area (Å²) in [5.74, 6) is -0.0188. The summed E-state index contributed by atoms with van der Waals surface area (Å²) in [7, 11) is 2.00. The van der Waals surface area contributed by atoms with E-state index in [1.807, 2.05) is 25.4 Å². The van der Waals surface area contributed by atoms with Gasteiger partial charge in [0.2, 0.25) is 0 Å². The van der Waals surface area contributed by atoms with Crippen LogP contribution >= 0.6 is 0 Å². The molecule has 0 N–H and O–H groups in total. The SMILES string of the molecule is CN(CCOc1ccccc1F)Cc1cccnc1. The van der Waals surface area contributed by atoms with Crippen molar-refractivity contribution in [3.05, 3.63) is 60.2 Å². The molecule has 0 aliphatic heterocycles. The standard InChI is InChI=1S/C15H17FN2O/c1-18(12-13-5-4-8-17-11-13)9-10-19-15-7-3-2-6-14(15)16/h2-8,11H,9-10,12H2,1H3. The zero-order valence-corrected chi connectivity index (χ0v) is 10.9. The van der Waals surface area contributed by atoms with E-state index in [1.54, 1.807) is 24.4 Å². The number of hydrogen-bond donors (Lipinski definition) is 0. The Morgan fingerprint density at radius 2 is 2.05 bits per heavy atom. The number of rotatable bonds is 6. The quantitative estimate of drug-likeness (QED) is 0.798. The fraction of sp³-hybridized carbons (Fsp3) is 0.267. The maximum Gasteiger partial charge on any atom is 0.165 e. The van der Waals surface area contributed by atoms with Crippen LogP contribution in [-0.4, -0.2) is 30.1 Å². The summed E-state index contributed by atoms with van der Waals surface area (Å²) < 4.78 is 18.7. The number of para-hydroxylation sites is 1. The minimum atomic E-state index is -0.322. The van der Waals surface area contributed by atoms with Crippen LogP contribution < -0.4 is 4.74 Å². The summed E-state index contributed by atoms with van der Waals surface area (Å²) in [6.07, 6.45) is 3.60. The maximum absolute atomic E-state index is 13.3. The summed E-state index contributed by atoms with van der Waals surface area (Å²) in [5, 5.41) is 0. The normalized spacial score (nSPS) is 10.7. The van der Waals surface area contributed by atoms with Crippen molar-refractivity contribution in [1.82, 2.24) is 9.88 Å². The molecule has 0 atom stereocenters. The maximum atomic E-state index is 13.3. The first-order valence-corrected chi connectivity index (χ1v) is 6.20. The number of likely N-dealkylation sites (N-methyl/N-ethyl adjacent to an activating group) is 1. The third-order valence-electron chi connectivity index (χ3n) is 2.74. The number of benzene rings is 1. The molecule has 1 aromatic carbocycles. The van der Waals surface area contributed by atoms with Gasteiger partial charge < -0.3 is 4.74 Å². The van der Waals surface area contributed by atoms with Gasteiger partial charge in [-0.25, -0.2) is 4.39 Å². The average molecular weight is 260 g/mol. The Bertz CT molecular complexity index is 505. The monoisotopic (exact) mass is 260 g/mol. The molecular formula is C15H17FN2O. The number of nitrogens with zero attached hydrogens (tertiary/aromatic N) is 2. The molecule has 0 fully saturated rings. The van der Waals surface area contributed by atoms with E-state index in [0.717, 1.165) is 18.7 Å². The highest BCUT2D eigenvalue weighted by molar-refractivity contribution is 5.23.